The number of piperazine rings is 1. The molecule has 0 aromatic heterocycles. The van der Waals surface area contributed by atoms with Gasteiger partial charge in [-0.3, -0.25) is 14.5 Å². The maximum Gasteiger partial charge on any atom is 0.338 e. The van der Waals surface area contributed by atoms with E-state index in [1.807, 2.05) is 24.3 Å². The summed E-state index contributed by atoms with van der Waals surface area (Å²) < 4.78 is 5.36. The Balaban J connectivity index is 1.41. The molecule has 0 radical (unpaired) electrons. The van der Waals surface area contributed by atoms with Gasteiger partial charge in [0.2, 0.25) is 11.8 Å². The van der Waals surface area contributed by atoms with Crippen molar-refractivity contribution in [3.8, 4) is 0 Å². The predicted octanol–water partition coefficient (Wildman–Crippen LogP) is 3.32. The fourth-order valence-electron chi connectivity index (χ4n) is 3.70. The average Bonchev–Trinajstić information content (AvgIpc) is 2.87. The van der Waals surface area contributed by atoms with E-state index in [1.165, 1.54) is 4.90 Å². The Morgan fingerprint density at radius 1 is 1.00 bits per heavy atom. The smallest absolute Gasteiger partial charge is 0.338 e. The lowest BCUT2D eigenvalue weighted by molar-refractivity contribution is -0.127. The standard InChI is InChI=1S/C26H24ClN3O4/c27-22-9-5-4-8-20(22)14-29-25(32)23-15-28-16-24(31)30(23)21-12-10-18(11-13-21)17-34-26(33)19-6-2-1-3-7-19/h1-13,23,28H,14-17H2,(H,29,32)/t23-/m1/s1. The molecule has 0 saturated carbocycles. The number of hydrogen-bond donors (Lipinski definition) is 2. The highest BCUT2D eigenvalue weighted by Gasteiger charge is 2.34. The first kappa shape index (κ1) is 23.5. The van der Waals surface area contributed by atoms with Crippen LogP contribution in [0.1, 0.15) is 21.5 Å². The number of rotatable bonds is 7. The van der Waals surface area contributed by atoms with Gasteiger partial charge in [0.05, 0.1) is 12.1 Å². The number of nitrogens with one attached hydrogen (secondary N) is 2. The zero-order chi connectivity index (χ0) is 23.9. The number of esters is 1. The maximum absolute atomic E-state index is 12.9. The first-order chi connectivity index (χ1) is 16.5. The van der Waals surface area contributed by atoms with Crippen LogP contribution in [0.3, 0.4) is 0 Å². The molecule has 1 saturated heterocycles. The number of hydrogen-bond acceptors (Lipinski definition) is 5. The minimum atomic E-state index is -0.703. The van der Waals surface area contributed by atoms with Crippen molar-refractivity contribution in [3.63, 3.8) is 0 Å². The van der Waals surface area contributed by atoms with Gasteiger partial charge in [-0.25, -0.2) is 4.79 Å². The van der Waals surface area contributed by atoms with Crippen molar-refractivity contribution in [2.45, 2.75) is 19.2 Å². The molecule has 1 fully saturated rings. The Hall–Kier alpha value is -3.68. The van der Waals surface area contributed by atoms with Crippen molar-refractivity contribution < 1.29 is 19.1 Å². The highest BCUT2D eigenvalue weighted by molar-refractivity contribution is 6.31. The minimum absolute atomic E-state index is 0.102. The number of nitrogens with zero attached hydrogens (tertiary/aromatic N) is 1. The quantitative estimate of drug-likeness (QED) is 0.510. The Kier molecular flexibility index (Phi) is 7.57. The summed E-state index contributed by atoms with van der Waals surface area (Å²) in [6.07, 6.45) is 0. The fourth-order valence-corrected chi connectivity index (χ4v) is 3.90. The fraction of sp³-hybridized carbons (Fsp3) is 0.192. The summed E-state index contributed by atoms with van der Waals surface area (Å²) in [6.45, 7) is 0.843. The van der Waals surface area contributed by atoms with Crippen LogP contribution in [0.15, 0.2) is 78.9 Å². The van der Waals surface area contributed by atoms with Gasteiger partial charge in [0.15, 0.2) is 0 Å². The second kappa shape index (κ2) is 11.0. The van der Waals surface area contributed by atoms with Crippen LogP contribution in [0, 0.1) is 0 Å². The van der Waals surface area contributed by atoms with Crippen molar-refractivity contribution in [2.24, 2.45) is 0 Å². The predicted molar refractivity (Wildman–Crippen MR) is 129 cm³/mol. The van der Waals surface area contributed by atoms with Gasteiger partial charge in [0.25, 0.3) is 0 Å². The molecule has 7 nitrogen and oxygen atoms in total. The molecule has 34 heavy (non-hydrogen) atoms. The third kappa shape index (κ3) is 5.62. The number of halogens is 1. The van der Waals surface area contributed by atoms with E-state index in [4.69, 9.17) is 16.3 Å². The van der Waals surface area contributed by atoms with Crippen LogP contribution in [0.4, 0.5) is 5.69 Å². The summed E-state index contributed by atoms with van der Waals surface area (Å²) in [5.41, 5.74) is 2.66. The second-order valence-corrected chi connectivity index (χ2v) is 8.24. The Morgan fingerprint density at radius 2 is 1.71 bits per heavy atom. The third-order valence-electron chi connectivity index (χ3n) is 5.50. The lowest BCUT2D eigenvalue weighted by atomic mass is 10.1. The van der Waals surface area contributed by atoms with E-state index in [2.05, 4.69) is 10.6 Å². The van der Waals surface area contributed by atoms with Crippen molar-refractivity contribution in [2.75, 3.05) is 18.0 Å². The number of ether oxygens (including phenoxy) is 1. The lowest BCUT2D eigenvalue weighted by Crippen LogP contribution is -2.60. The monoisotopic (exact) mass is 477 g/mol. The molecule has 3 aromatic rings. The summed E-state index contributed by atoms with van der Waals surface area (Å²) in [5.74, 6) is -0.883. The summed E-state index contributed by atoms with van der Waals surface area (Å²) in [5, 5.41) is 6.44. The molecule has 0 bridgehead atoms. The van der Waals surface area contributed by atoms with Crippen LogP contribution in [-0.4, -0.2) is 36.9 Å². The van der Waals surface area contributed by atoms with E-state index >= 15 is 0 Å². The minimum Gasteiger partial charge on any atom is -0.457 e. The SMILES string of the molecule is O=C(OCc1ccc(N2C(=O)CNC[C@@H]2C(=O)NCc2ccccc2Cl)cc1)c1ccccc1. The van der Waals surface area contributed by atoms with Gasteiger partial charge >= 0.3 is 5.97 Å². The molecule has 1 heterocycles. The van der Waals surface area contributed by atoms with Crippen LogP contribution in [0.2, 0.25) is 5.02 Å². The first-order valence-electron chi connectivity index (χ1n) is 10.9. The highest BCUT2D eigenvalue weighted by Crippen LogP contribution is 2.21. The molecule has 174 valence electrons. The Morgan fingerprint density at radius 3 is 2.44 bits per heavy atom. The molecule has 1 atom stereocenters. The summed E-state index contributed by atoms with van der Waals surface area (Å²) in [7, 11) is 0. The molecule has 0 aliphatic carbocycles. The summed E-state index contributed by atoms with van der Waals surface area (Å²) >= 11 is 6.18. The van der Waals surface area contributed by atoms with Gasteiger partial charge in [-0.15, -0.1) is 0 Å². The molecular formula is C26H24ClN3O4. The van der Waals surface area contributed by atoms with Crippen LogP contribution in [0.5, 0.6) is 0 Å². The van der Waals surface area contributed by atoms with E-state index in [0.717, 1.165) is 11.1 Å². The molecule has 0 spiro atoms. The van der Waals surface area contributed by atoms with E-state index < -0.39 is 12.0 Å². The van der Waals surface area contributed by atoms with Gasteiger partial charge in [-0.05, 0) is 41.5 Å². The molecule has 4 rings (SSSR count). The molecule has 1 aliphatic rings. The number of carbonyl (C=O) groups is 3. The van der Waals surface area contributed by atoms with Crippen LogP contribution < -0.4 is 15.5 Å². The van der Waals surface area contributed by atoms with Crippen molar-refractivity contribution in [1.29, 1.82) is 0 Å². The first-order valence-corrected chi connectivity index (χ1v) is 11.3. The number of anilines is 1. The highest BCUT2D eigenvalue weighted by atomic mass is 35.5. The van der Waals surface area contributed by atoms with E-state index in [0.29, 0.717) is 22.8 Å². The molecule has 3 aromatic carbocycles. The van der Waals surface area contributed by atoms with E-state index in [-0.39, 0.29) is 31.5 Å². The van der Waals surface area contributed by atoms with Crippen LogP contribution in [-0.2, 0) is 27.5 Å². The summed E-state index contributed by atoms with van der Waals surface area (Å²) in [6, 6.07) is 22.4. The number of amides is 2. The van der Waals surface area contributed by atoms with Crippen LogP contribution in [0.25, 0.3) is 0 Å². The van der Waals surface area contributed by atoms with Crippen LogP contribution >= 0.6 is 11.6 Å². The van der Waals surface area contributed by atoms with Gasteiger partial charge in [-0.2, -0.15) is 0 Å². The van der Waals surface area contributed by atoms with Gasteiger partial charge < -0.3 is 15.4 Å². The molecular weight excluding hydrogens is 454 g/mol. The summed E-state index contributed by atoms with van der Waals surface area (Å²) in [4.78, 5) is 39.3. The van der Waals surface area contributed by atoms with Crippen molar-refractivity contribution in [1.82, 2.24) is 10.6 Å². The zero-order valence-corrected chi connectivity index (χ0v) is 19.1. The Labute approximate surface area is 202 Å². The topological polar surface area (TPSA) is 87.7 Å². The van der Waals surface area contributed by atoms with Gasteiger partial charge in [0, 0.05) is 23.8 Å². The van der Waals surface area contributed by atoms with E-state index in [9.17, 15) is 14.4 Å². The molecule has 2 N–H and O–H groups in total. The lowest BCUT2D eigenvalue weighted by Gasteiger charge is -2.35. The number of carbonyl (C=O) groups excluding carboxylic acids is 3. The Bertz CT molecular complexity index is 1170. The second-order valence-electron chi connectivity index (χ2n) is 7.83. The zero-order valence-electron chi connectivity index (χ0n) is 18.4. The third-order valence-corrected chi connectivity index (χ3v) is 5.87. The average molecular weight is 478 g/mol. The normalized spacial score (nSPS) is 15.6. The molecule has 8 heteroatoms. The number of benzene rings is 3. The van der Waals surface area contributed by atoms with Crippen molar-refractivity contribution >= 4 is 35.1 Å². The van der Waals surface area contributed by atoms with Gasteiger partial charge in [-0.1, -0.05) is 60.1 Å². The van der Waals surface area contributed by atoms with Gasteiger partial charge in [0.1, 0.15) is 12.6 Å². The largest absolute Gasteiger partial charge is 0.457 e. The molecule has 2 amide bonds. The maximum atomic E-state index is 12.9. The molecule has 1 aliphatic heterocycles. The molecule has 0 unspecified atom stereocenters. The van der Waals surface area contributed by atoms with E-state index in [1.54, 1.807) is 54.6 Å². The van der Waals surface area contributed by atoms with Crippen molar-refractivity contribution in [3.05, 3.63) is 101 Å².